The fraction of sp³-hybridized carbons (Fsp3) is 0.731. The predicted molar refractivity (Wildman–Crippen MR) is 125 cm³/mol. The molecule has 0 aromatic heterocycles. The Kier molecular flexibility index (Phi) is 6.80. The number of ether oxygens (including phenoxy) is 2. The second-order valence-electron chi connectivity index (χ2n) is 10.2. The van der Waals surface area contributed by atoms with E-state index in [1.165, 1.54) is 5.56 Å². The van der Waals surface area contributed by atoms with Crippen molar-refractivity contribution in [2.45, 2.75) is 101 Å². The van der Waals surface area contributed by atoms with Crippen LogP contribution >= 0.6 is 0 Å². The quantitative estimate of drug-likeness (QED) is 0.598. The Balaban J connectivity index is 0.000000223. The molecule has 7 nitrogen and oxygen atoms in total. The maximum absolute atomic E-state index is 12.7. The number of ketones is 1. The fourth-order valence-electron chi connectivity index (χ4n) is 6.62. The van der Waals surface area contributed by atoms with Gasteiger partial charge in [-0.25, -0.2) is 0 Å². The number of likely N-dealkylation sites (tertiary alicyclic amines) is 1. The second-order valence-corrected chi connectivity index (χ2v) is 10.2. The number of aliphatic hydroxyl groups is 3. The number of rotatable bonds is 6. The van der Waals surface area contributed by atoms with Gasteiger partial charge in [-0.3, -0.25) is 4.79 Å². The van der Waals surface area contributed by atoms with Crippen LogP contribution in [0.4, 0.5) is 0 Å². The molecule has 1 aromatic rings. The summed E-state index contributed by atoms with van der Waals surface area (Å²) in [6.45, 7) is 4.82. The first kappa shape index (κ1) is 24.5. The fourth-order valence-corrected chi connectivity index (χ4v) is 6.62. The topological polar surface area (TPSA) is 99.5 Å². The van der Waals surface area contributed by atoms with Gasteiger partial charge in [0.05, 0.1) is 30.3 Å². The molecule has 2 fully saturated rings. The Morgan fingerprint density at radius 2 is 2.00 bits per heavy atom. The molecule has 2 unspecified atom stereocenters. The van der Waals surface area contributed by atoms with E-state index in [-0.39, 0.29) is 24.0 Å². The molecule has 2 aliphatic carbocycles. The minimum absolute atomic E-state index is 0.0438. The van der Waals surface area contributed by atoms with Crippen LogP contribution in [0.25, 0.3) is 0 Å². The molecule has 4 aliphatic rings. The van der Waals surface area contributed by atoms with Gasteiger partial charge in [0.15, 0.2) is 23.4 Å². The lowest BCUT2D eigenvalue weighted by atomic mass is 9.49. The van der Waals surface area contributed by atoms with Crippen molar-refractivity contribution in [2.75, 3.05) is 20.7 Å². The Morgan fingerprint density at radius 3 is 2.67 bits per heavy atom. The van der Waals surface area contributed by atoms with E-state index in [9.17, 15) is 15.0 Å². The number of nitrogens with zero attached hydrogens (tertiary/aromatic N) is 1. The third-order valence-electron chi connectivity index (χ3n) is 8.37. The molecule has 0 radical (unpaired) electrons. The Hall–Kier alpha value is -1.67. The lowest BCUT2D eigenvalue weighted by molar-refractivity contribution is -0.185. The highest BCUT2D eigenvalue weighted by molar-refractivity contribution is 5.90. The molecule has 5 rings (SSSR count). The summed E-state index contributed by atoms with van der Waals surface area (Å²) in [5.74, 6) is 1.47. The number of Topliss-reactive ketones (excluding diaryl/α,β-unsaturated/α-hetero) is 1. The van der Waals surface area contributed by atoms with Crippen molar-refractivity contribution >= 4 is 5.78 Å². The number of likely N-dealkylation sites (N-methyl/N-ethyl adjacent to an activating group) is 1. The molecule has 6 atom stereocenters. The number of benzene rings is 1. The second kappa shape index (κ2) is 9.17. The van der Waals surface area contributed by atoms with Gasteiger partial charge in [0, 0.05) is 18.0 Å². The van der Waals surface area contributed by atoms with Gasteiger partial charge in [0.2, 0.25) is 0 Å². The minimum atomic E-state index is -0.900. The van der Waals surface area contributed by atoms with Gasteiger partial charge in [0.25, 0.3) is 0 Å². The zero-order valence-corrected chi connectivity index (χ0v) is 20.3. The van der Waals surface area contributed by atoms with Crippen molar-refractivity contribution < 1.29 is 29.6 Å². The summed E-state index contributed by atoms with van der Waals surface area (Å²) in [5.41, 5.74) is 0.737. The molecule has 1 spiro atoms. The van der Waals surface area contributed by atoms with Gasteiger partial charge in [-0.2, -0.15) is 0 Å². The lowest BCUT2D eigenvalue weighted by Gasteiger charge is -2.62. The maximum Gasteiger partial charge on any atom is 0.174 e. The van der Waals surface area contributed by atoms with E-state index >= 15 is 0 Å². The van der Waals surface area contributed by atoms with Gasteiger partial charge in [-0.1, -0.05) is 26.3 Å². The van der Waals surface area contributed by atoms with E-state index in [4.69, 9.17) is 14.6 Å². The van der Waals surface area contributed by atoms with Gasteiger partial charge < -0.3 is 29.7 Å². The molecule has 1 saturated carbocycles. The zero-order chi connectivity index (χ0) is 24.0. The number of aliphatic hydroxyl groups excluding tert-OH is 2. The number of methoxy groups -OCH3 is 1. The number of hydrogen-bond donors (Lipinski definition) is 3. The monoisotopic (exact) mass is 461 g/mol. The van der Waals surface area contributed by atoms with E-state index in [1.807, 2.05) is 19.9 Å². The van der Waals surface area contributed by atoms with Crippen LogP contribution in [0.1, 0.15) is 69.9 Å². The van der Waals surface area contributed by atoms with Crippen LogP contribution in [0.5, 0.6) is 11.5 Å². The molecule has 0 amide bonds. The van der Waals surface area contributed by atoms with E-state index in [1.54, 1.807) is 7.11 Å². The molecule has 2 bridgehead atoms. The van der Waals surface area contributed by atoms with Crippen LogP contribution in [-0.2, 0) is 16.6 Å². The largest absolute Gasteiger partial charge is 0.493 e. The highest BCUT2D eigenvalue weighted by Crippen LogP contribution is 2.64. The van der Waals surface area contributed by atoms with E-state index in [0.29, 0.717) is 30.8 Å². The normalized spacial score (nSPS) is 33.4. The number of carbonyl (C=O) groups is 1. The van der Waals surface area contributed by atoms with Crippen molar-refractivity contribution in [3.05, 3.63) is 23.3 Å². The molecule has 3 N–H and O–H groups in total. The van der Waals surface area contributed by atoms with Crippen LogP contribution in [0.15, 0.2) is 12.1 Å². The minimum Gasteiger partial charge on any atom is -0.493 e. The molecule has 1 aromatic carbocycles. The Bertz CT molecular complexity index is 890. The van der Waals surface area contributed by atoms with Crippen LogP contribution < -0.4 is 9.47 Å². The van der Waals surface area contributed by atoms with Gasteiger partial charge in [-0.15, -0.1) is 0 Å². The zero-order valence-electron chi connectivity index (χ0n) is 20.3. The first-order valence-electron chi connectivity index (χ1n) is 12.4. The summed E-state index contributed by atoms with van der Waals surface area (Å²) in [5, 5.41) is 30.0. The standard InChI is InChI=1S/C18H21NO4.C8H18O2/c1-19-8-7-17-14-10-3-4-12(22-2)15(14)23-16(17)11(20)5-6-18(17,21)13(19)9-10;1-3-5-8(10)6-7(9)4-2/h3-4,13,16,21H,5-9H2,1-2H3;7-10H,3-6H2,1-2H3/t13-,16+,17+,18-;/m1./s1. The van der Waals surface area contributed by atoms with Crippen molar-refractivity contribution in [1.82, 2.24) is 4.90 Å². The van der Waals surface area contributed by atoms with E-state index in [2.05, 4.69) is 18.0 Å². The van der Waals surface area contributed by atoms with Gasteiger partial charge in [0.1, 0.15) is 0 Å². The molecule has 184 valence electrons. The Labute approximate surface area is 196 Å². The summed E-state index contributed by atoms with van der Waals surface area (Å²) < 4.78 is 11.6. The maximum atomic E-state index is 12.7. The highest BCUT2D eigenvalue weighted by atomic mass is 16.5. The lowest BCUT2D eigenvalue weighted by Crippen LogP contribution is -2.76. The van der Waals surface area contributed by atoms with E-state index < -0.39 is 17.1 Å². The third kappa shape index (κ3) is 3.68. The van der Waals surface area contributed by atoms with Crippen molar-refractivity contribution in [3.8, 4) is 11.5 Å². The van der Waals surface area contributed by atoms with Gasteiger partial charge >= 0.3 is 0 Å². The summed E-state index contributed by atoms with van der Waals surface area (Å²) in [6, 6.07) is 4.05. The molecule has 33 heavy (non-hydrogen) atoms. The van der Waals surface area contributed by atoms with E-state index in [0.717, 1.165) is 44.2 Å². The van der Waals surface area contributed by atoms with Crippen molar-refractivity contribution in [1.29, 1.82) is 0 Å². The van der Waals surface area contributed by atoms with Crippen molar-refractivity contribution in [2.24, 2.45) is 0 Å². The average molecular weight is 462 g/mol. The van der Waals surface area contributed by atoms with Crippen LogP contribution in [0.2, 0.25) is 0 Å². The average Bonchev–Trinajstić information content (AvgIpc) is 3.15. The summed E-state index contributed by atoms with van der Waals surface area (Å²) in [7, 11) is 3.70. The van der Waals surface area contributed by atoms with Gasteiger partial charge in [-0.05, 0) is 63.7 Å². The first-order chi connectivity index (χ1) is 15.7. The van der Waals surface area contributed by atoms with Crippen LogP contribution in [0, 0.1) is 0 Å². The third-order valence-corrected chi connectivity index (χ3v) is 8.37. The van der Waals surface area contributed by atoms with Crippen LogP contribution in [-0.4, -0.2) is 76.7 Å². The molecular formula is C26H39NO6. The van der Waals surface area contributed by atoms with Crippen LogP contribution in [0.3, 0.4) is 0 Å². The molecule has 2 heterocycles. The Morgan fingerprint density at radius 1 is 1.24 bits per heavy atom. The highest BCUT2D eigenvalue weighted by Gasteiger charge is 2.72. The molecule has 7 heteroatoms. The summed E-state index contributed by atoms with van der Waals surface area (Å²) in [6.07, 6.45) is 4.32. The number of piperidine rings is 1. The summed E-state index contributed by atoms with van der Waals surface area (Å²) in [4.78, 5) is 14.9. The number of carbonyl (C=O) groups excluding carboxylic acids is 1. The number of hydrogen-bond acceptors (Lipinski definition) is 7. The SMILES string of the molecule is CCCC(O)CC(O)CC.COc1ccc2c3c1O[C@H]1C(=O)CC[C@@]4(O)[C@@H](C2)N(C)CC[C@]314. The molecule has 2 aliphatic heterocycles. The molecular weight excluding hydrogens is 422 g/mol. The summed E-state index contributed by atoms with van der Waals surface area (Å²) >= 11 is 0. The first-order valence-corrected chi connectivity index (χ1v) is 12.4. The predicted octanol–water partition coefficient (Wildman–Crippen LogP) is 2.36. The smallest absolute Gasteiger partial charge is 0.174 e. The van der Waals surface area contributed by atoms with Crippen molar-refractivity contribution in [3.63, 3.8) is 0 Å². The molecule has 1 saturated heterocycles.